The molecule has 1 N–H and O–H groups in total. The topological polar surface area (TPSA) is 96.0 Å². The summed E-state index contributed by atoms with van der Waals surface area (Å²) in [5, 5.41) is 2.88. The molecule has 2 amide bonds. The maximum Gasteiger partial charge on any atom is 0.264 e. The lowest BCUT2D eigenvalue weighted by molar-refractivity contribution is -0.140. The maximum atomic E-state index is 14.5. The lowest BCUT2D eigenvalue weighted by Gasteiger charge is -2.34. The van der Waals surface area contributed by atoms with Crippen molar-refractivity contribution < 1.29 is 22.7 Å². The first kappa shape index (κ1) is 32.3. The number of methoxy groups -OCH3 is 1. The SMILES string of the molecule is CCNC(=O)[C@@H](Cc1ccccc1)N(Cc1cccc(C)c1)C(=O)CN(c1ccccc1OC)S(=O)(=O)c1ccc(C)cc1. The molecule has 0 radical (unpaired) electrons. The predicted molar refractivity (Wildman–Crippen MR) is 173 cm³/mol. The molecule has 8 nitrogen and oxygen atoms in total. The molecule has 0 aliphatic carbocycles. The number of carbonyl (C=O) groups excluding carboxylic acids is 2. The van der Waals surface area contributed by atoms with Crippen LogP contribution in [0.1, 0.15) is 29.2 Å². The number of nitrogens with zero attached hydrogens (tertiary/aromatic N) is 2. The molecule has 0 aliphatic rings. The van der Waals surface area contributed by atoms with Crippen LogP contribution in [0.4, 0.5) is 5.69 Å². The number of amides is 2. The zero-order chi connectivity index (χ0) is 31.7. The number of sulfonamides is 1. The number of likely N-dealkylation sites (N-methyl/N-ethyl adjacent to an activating group) is 1. The molecule has 44 heavy (non-hydrogen) atoms. The number of hydrogen-bond donors (Lipinski definition) is 1. The quantitative estimate of drug-likeness (QED) is 0.221. The second-order valence-corrected chi connectivity index (χ2v) is 12.5. The van der Waals surface area contributed by atoms with E-state index in [1.165, 1.54) is 24.1 Å². The minimum absolute atomic E-state index is 0.0385. The molecular formula is C35H39N3O5S. The standard InChI is InChI=1S/C35H39N3O5S/c1-5-36-35(40)32(23-28-13-7-6-8-14-28)37(24-29-15-11-12-27(3)22-29)34(39)25-38(31-16-9-10-17-33(31)43-4)44(41,42)30-20-18-26(2)19-21-30/h6-22,32H,5,23-25H2,1-4H3,(H,36,40)/t32-/m1/s1. The van der Waals surface area contributed by atoms with E-state index >= 15 is 0 Å². The van der Waals surface area contributed by atoms with E-state index in [1.54, 1.807) is 36.4 Å². The summed E-state index contributed by atoms with van der Waals surface area (Å²) in [5.41, 5.74) is 3.83. The molecule has 4 aromatic rings. The summed E-state index contributed by atoms with van der Waals surface area (Å²) in [6, 6.07) is 29.4. The molecule has 4 aromatic carbocycles. The van der Waals surface area contributed by atoms with Crippen LogP contribution < -0.4 is 14.4 Å². The fourth-order valence-corrected chi connectivity index (χ4v) is 6.46. The molecule has 0 heterocycles. The smallest absolute Gasteiger partial charge is 0.264 e. The summed E-state index contributed by atoms with van der Waals surface area (Å²) in [4.78, 5) is 29.6. The van der Waals surface area contributed by atoms with Gasteiger partial charge in [-0.1, -0.05) is 90.0 Å². The van der Waals surface area contributed by atoms with E-state index < -0.39 is 28.5 Å². The van der Waals surface area contributed by atoms with Crippen molar-refractivity contribution in [1.82, 2.24) is 10.2 Å². The van der Waals surface area contributed by atoms with E-state index in [0.29, 0.717) is 12.3 Å². The third kappa shape index (κ3) is 7.85. The van der Waals surface area contributed by atoms with Crippen molar-refractivity contribution in [3.63, 3.8) is 0 Å². The Morgan fingerprint density at radius 3 is 2.14 bits per heavy atom. The Morgan fingerprint density at radius 2 is 1.48 bits per heavy atom. The first-order chi connectivity index (χ1) is 21.1. The van der Waals surface area contributed by atoms with Crippen molar-refractivity contribution in [2.75, 3.05) is 24.5 Å². The molecule has 0 fully saturated rings. The van der Waals surface area contributed by atoms with Crippen LogP contribution >= 0.6 is 0 Å². The monoisotopic (exact) mass is 613 g/mol. The number of hydrogen-bond acceptors (Lipinski definition) is 5. The molecule has 1 atom stereocenters. The van der Waals surface area contributed by atoms with Gasteiger partial charge in [0.2, 0.25) is 11.8 Å². The van der Waals surface area contributed by atoms with Crippen molar-refractivity contribution >= 4 is 27.5 Å². The van der Waals surface area contributed by atoms with Crippen LogP contribution in [-0.2, 0) is 32.6 Å². The molecule has 0 aliphatic heterocycles. The summed E-state index contributed by atoms with van der Waals surface area (Å²) in [5.74, 6) is -0.548. The number of rotatable bonds is 13. The van der Waals surface area contributed by atoms with Crippen LogP contribution in [-0.4, -0.2) is 51.4 Å². The van der Waals surface area contributed by atoms with Gasteiger partial charge in [0, 0.05) is 19.5 Å². The van der Waals surface area contributed by atoms with Gasteiger partial charge in [0.15, 0.2) is 0 Å². The van der Waals surface area contributed by atoms with Crippen LogP contribution in [0.2, 0.25) is 0 Å². The third-order valence-corrected chi connectivity index (χ3v) is 9.07. The summed E-state index contributed by atoms with van der Waals surface area (Å²) in [6.07, 6.45) is 0.254. The minimum Gasteiger partial charge on any atom is -0.495 e. The van der Waals surface area contributed by atoms with Gasteiger partial charge in [-0.25, -0.2) is 8.42 Å². The molecule has 0 aromatic heterocycles. The van der Waals surface area contributed by atoms with Crippen molar-refractivity contribution in [3.05, 3.63) is 125 Å². The molecule has 0 spiro atoms. The number of anilines is 1. The molecule has 0 bridgehead atoms. The molecule has 9 heteroatoms. The normalized spacial score (nSPS) is 11.8. The summed E-state index contributed by atoms with van der Waals surface area (Å²) < 4.78 is 35.0. The lowest BCUT2D eigenvalue weighted by Crippen LogP contribution is -2.53. The van der Waals surface area contributed by atoms with Gasteiger partial charge in [0.25, 0.3) is 10.0 Å². The van der Waals surface area contributed by atoms with Crippen molar-refractivity contribution in [2.45, 2.75) is 44.7 Å². The highest BCUT2D eigenvalue weighted by Crippen LogP contribution is 2.32. The van der Waals surface area contributed by atoms with Crippen molar-refractivity contribution in [1.29, 1.82) is 0 Å². The molecule has 0 unspecified atom stereocenters. The Kier molecular flexibility index (Phi) is 10.8. The predicted octanol–water partition coefficient (Wildman–Crippen LogP) is 5.28. The summed E-state index contributed by atoms with van der Waals surface area (Å²) >= 11 is 0. The number of nitrogens with one attached hydrogen (secondary N) is 1. The van der Waals surface area contributed by atoms with Crippen LogP contribution in [0, 0.1) is 13.8 Å². The summed E-state index contributed by atoms with van der Waals surface area (Å²) in [6.45, 7) is 5.59. The Bertz CT molecular complexity index is 1670. The van der Waals surface area contributed by atoms with Crippen LogP contribution in [0.3, 0.4) is 0 Å². The fourth-order valence-electron chi connectivity index (χ4n) is 5.04. The number of carbonyl (C=O) groups is 2. The van der Waals surface area contributed by atoms with Gasteiger partial charge < -0.3 is 15.0 Å². The Morgan fingerprint density at radius 1 is 0.818 bits per heavy atom. The van der Waals surface area contributed by atoms with E-state index in [2.05, 4.69) is 5.32 Å². The fraction of sp³-hybridized carbons (Fsp3) is 0.257. The number of para-hydroxylation sites is 2. The van der Waals surface area contributed by atoms with E-state index in [4.69, 9.17) is 4.74 Å². The third-order valence-electron chi connectivity index (χ3n) is 7.30. The van der Waals surface area contributed by atoms with Gasteiger partial charge in [0.05, 0.1) is 17.7 Å². The van der Waals surface area contributed by atoms with E-state index in [0.717, 1.165) is 26.6 Å². The highest BCUT2D eigenvalue weighted by atomic mass is 32.2. The zero-order valence-electron chi connectivity index (χ0n) is 25.6. The van der Waals surface area contributed by atoms with Gasteiger partial charge in [-0.2, -0.15) is 0 Å². The first-order valence-electron chi connectivity index (χ1n) is 14.5. The van der Waals surface area contributed by atoms with Crippen LogP contribution in [0.5, 0.6) is 5.75 Å². The number of ether oxygens (including phenoxy) is 1. The van der Waals surface area contributed by atoms with Gasteiger partial charge in [0.1, 0.15) is 18.3 Å². The van der Waals surface area contributed by atoms with Crippen LogP contribution in [0.15, 0.2) is 108 Å². The average Bonchev–Trinajstić information content (AvgIpc) is 3.02. The highest BCUT2D eigenvalue weighted by molar-refractivity contribution is 7.92. The molecule has 0 saturated carbocycles. The highest BCUT2D eigenvalue weighted by Gasteiger charge is 2.35. The lowest BCUT2D eigenvalue weighted by atomic mass is 10.0. The first-order valence-corrected chi connectivity index (χ1v) is 16.0. The van der Waals surface area contributed by atoms with E-state index in [-0.39, 0.29) is 29.5 Å². The second-order valence-electron chi connectivity index (χ2n) is 10.6. The van der Waals surface area contributed by atoms with Crippen LogP contribution in [0.25, 0.3) is 0 Å². The molecule has 0 saturated heterocycles. The van der Waals surface area contributed by atoms with Crippen molar-refractivity contribution in [2.24, 2.45) is 0 Å². The second kappa shape index (κ2) is 14.7. The van der Waals surface area contributed by atoms with Gasteiger partial charge in [-0.15, -0.1) is 0 Å². The van der Waals surface area contributed by atoms with Crippen molar-refractivity contribution in [3.8, 4) is 5.75 Å². The average molecular weight is 614 g/mol. The minimum atomic E-state index is -4.22. The maximum absolute atomic E-state index is 14.5. The Hall–Kier alpha value is -4.63. The Balaban J connectivity index is 1.82. The zero-order valence-corrected chi connectivity index (χ0v) is 26.4. The number of benzene rings is 4. The van der Waals surface area contributed by atoms with E-state index in [1.807, 2.05) is 75.4 Å². The van der Waals surface area contributed by atoms with Gasteiger partial charge in [-0.05, 0) is 56.2 Å². The Labute approximate surface area is 260 Å². The largest absolute Gasteiger partial charge is 0.495 e. The van der Waals surface area contributed by atoms with Gasteiger partial charge in [-0.3, -0.25) is 13.9 Å². The molecule has 230 valence electrons. The van der Waals surface area contributed by atoms with E-state index in [9.17, 15) is 18.0 Å². The number of aryl methyl sites for hydroxylation is 2. The van der Waals surface area contributed by atoms with Gasteiger partial charge >= 0.3 is 0 Å². The summed E-state index contributed by atoms with van der Waals surface area (Å²) in [7, 11) is -2.77. The molecule has 4 rings (SSSR count). The molecular weight excluding hydrogens is 574 g/mol.